The van der Waals surface area contributed by atoms with Gasteiger partial charge in [0.25, 0.3) is 5.91 Å². The van der Waals surface area contributed by atoms with E-state index in [1.165, 1.54) is 6.07 Å². The highest BCUT2D eigenvalue weighted by Crippen LogP contribution is 2.13. The number of carbonyl (C=O) groups is 1. The third-order valence-electron chi connectivity index (χ3n) is 2.24. The first-order chi connectivity index (χ1) is 8.40. The van der Waals surface area contributed by atoms with Crippen LogP contribution in [0.15, 0.2) is 18.2 Å². The molecule has 0 radical (unpaired) electrons. The predicted molar refractivity (Wildman–Crippen MR) is 65.2 cm³/mol. The average Bonchev–Trinajstić information content (AvgIpc) is 2.30. The minimum atomic E-state index is -0.997. The molecule has 0 saturated carbocycles. The van der Waals surface area contributed by atoms with E-state index >= 15 is 0 Å². The van der Waals surface area contributed by atoms with Gasteiger partial charge < -0.3 is 10.1 Å². The lowest BCUT2D eigenvalue weighted by Gasteiger charge is -2.14. The van der Waals surface area contributed by atoms with Gasteiger partial charge in [0, 0.05) is 18.4 Å². The molecular weight excluding hydrogens is 240 g/mol. The summed E-state index contributed by atoms with van der Waals surface area (Å²) in [7, 11) is 0. The standard InChI is InChI=1S/C13H17F2NO2/c1-8(2)7-18-9(3)13(17)16-10-4-5-11(14)12(15)6-10/h4-6,8-9H,7H2,1-3H3,(H,16,17)/t9-/m1/s1. The molecule has 0 aliphatic rings. The maximum Gasteiger partial charge on any atom is 0.253 e. The summed E-state index contributed by atoms with van der Waals surface area (Å²) in [5.74, 6) is -2.01. The number of hydrogen-bond acceptors (Lipinski definition) is 2. The Morgan fingerprint density at radius 1 is 1.28 bits per heavy atom. The summed E-state index contributed by atoms with van der Waals surface area (Å²) in [6.07, 6.45) is -0.638. The van der Waals surface area contributed by atoms with Crippen LogP contribution >= 0.6 is 0 Å². The number of benzene rings is 1. The summed E-state index contributed by atoms with van der Waals surface area (Å²) < 4.78 is 30.9. The summed E-state index contributed by atoms with van der Waals surface area (Å²) in [6.45, 7) is 6.02. The van der Waals surface area contributed by atoms with E-state index in [0.29, 0.717) is 12.5 Å². The van der Waals surface area contributed by atoms with Crippen LogP contribution in [0.3, 0.4) is 0 Å². The average molecular weight is 257 g/mol. The molecule has 1 atom stereocenters. The SMILES string of the molecule is CC(C)CO[C@H](C)C(=O)Nc1ccc(F)c(F)c1. The summed E-state index contributed by atoms with van der Waals surface area (Å²) in [5, 5.41) is 2.46. The number of rotatable bonds is 5. The Bertz CT molecular complexity index is 421. The van der Waals surface area contributed by atoms with Crippen molar-refractivity contribution in [1.82, 2.24) is 0 Å². The number of carbonyl (C=O) groups excluding carboxylic acids is 1. The quantitative estimate of drug-likeness (QED) is 0.880. The Balaban J connectivity index is 2.55. The fourth-order valence-corrected chi connectivity index (χ4v) is 1.23. The third-order valence-corrected chi connectivity index (χ3v) is 2.24. The van der Waals surface area contributed by atoms with Crippen LogP contribution in [0.2, 0.25) is 0 Å². The minimum absolute atomic E-state index is 0.207. The highest BCUT2D eigenvalue weighted by atomic mass is 19.2. The van der Waals surface area contributed by atoms with Gasteiger partial charge in [0.1, 0.15) is 6.10 Å². The minimum Gasteiger partial charge on any atom is -0.368 e. The zero-order valence-electron chi connectivity index (χ0n) is 10.7. The number of halogens is 2. The highest BCUT2D eigenvalue weighted by molar-refractivity contribution is 5.93. The normalized spacial score (nSPS) is 12.6. The fourth-order valence-electron chi connectivity index (χ4n) is 1.23. The number of hydrogen-bond donors (Lipinski definition) is 1. The summed E-state index contributed by atoms with van der Waals surface area (Å²) >= 11 is 0. The molecular formula is C13H17F2NO2. The Kier molecular flexibility index (Phi) is 5.22. The Morgan fingerprint density at radius 2 is 1.94 bits per heavy atom. The Hall–Kier alpha value is -1.49. The first-order valence-corrected chi connectivity index (χ1v) is 5.77. The fraction of sp³-hybridized carbons (Fsp3) is 0.462. The molecule has 5 heteroatoms. The van der Waals surface area contributed by atoms with Gasteiger partial charge in [-0.2, -0.15) is 0 Å². The lowest BCUT2D eigenvalue weighted by atomic mass is 10.2. The first-order valence-electron chi connectivity index (χ1n) is 5.77. The van der Waals surface area contributed by atoms with Gasteiger partial charge in [0.05, 0.1) is 0 Å². The summed E-state index contributed by atoms with van der Waals surface area (Å²) in [5.41, 5.74) is 0.207. The molecule has 3 nitrogen and oxygen atoms in total. The number of anilines is 1. The third kappa shape index (κ3) is 4.41. The molecule has 1 aromatic carbocycles. The summed E-state index contributed by atoms with van der Waals surface area (Å²) in [6, 6.07) is 3.19. The van der Waals surface area contributed by atoms with Crippen LogP contribution in [-0.2, 0) is 9.53 Å². The van der Waals surface area contributed by atoms with E-state index in [0.717, 1.165) is 12.1 Å². The largest absolute Gasteiger partial charge is 0.368 e. The van der Waals surface area contributed by atoms with E-state index in [4.69, 9.17) is 4.74 Å². The second-order valence-corrected chi connectivity index (χ2v) is 4.49. The van der Waals surface area contributed by atoms with Gasteiger partial charge in [-0.15, -0.1) is 0 Å². The van der Waals surface area contributed by atoms with Crippen LogP contribution in [-0.4, -0.2) is 18.6 Å². The van der Waals surface area contributed by atoms with Crippen molar-refractivity contribution in [3.05, 3.63) is 29.8 Å². The van der Waals surface area contributed by atoms with Crippen molar-refractivity contribution in [1.29, 1.82) is 0 Å². The van der Waals surface area contributed by atoms with Crippen LogP contribution in [0.5, 0.6) is 0 Å². The lowest BCUT2D eigenvalue weighted by Crippen LogP contribution is -2.28. The molecule has 0 spiro atoms. The lowest BCUT2D eigenvalue weighted by molar-refractivity contribution is -0.126. The second-order valence-electron chi connectivity index (χ2n) is 4.49. The monoisotopic (exact) mass is 257 g/mol. The van der Waals surface area contributed by atoms with Crippen molar-refractivity contribution >= 4 is 11.6 Å². The van der Waals surface area contributed by atoms with Crippen molar-refractivity contribution in [3.8, 4) is 0 Å². The van der Waals surface area contributed by atoms with E-state index in [1.54, 1.807) is 6.92 Å². The molecule has 0 unspecified atom stereocenters. The van der Waals surface area contributed by atoms with Gasteiger partial charge >= 0.3 is 0 Å². The molecule has 0 aromatic heterocycles. The maximum absolute atomic E-state index is 12.9. The van der Waals surface area contributed by atoms with Gasteiger partial charge in [0.2, 0.25) is 0 Å². The highest BCUT2D eigenvalue weighted by Gasteiger charge is 2.14. The smallest absolute Gasteiger partial charge is 0.253 e. The van der Waals surface area contributed by atoms with Gasteiger partial charge in [-0.1, -0.05) is 13.8 Å². The van der Waals surface area contributed by atoms with Crippen molar-refractivity contribution in [2.45, 2.75) is 26.9 Å². The van der Waals surface area contributed by atoms with E-state index < -0.39 is 17.7 Å². The Morgan fingerprint density at radius 3 is 2.50 bits per heavy atom. The Labute approximate surface area is 105 Å². The zero-order chi connectivity index (χ0) is 13.7. The molecule has 1 N–H and O–H groups in total. The van der Waals surface area contributed by atoms with Gasteiger partial charge in [-0.3, -0.25) is 4.79 Å². The molecule has 0 aliphatic heterocycles. The number of ether oxygens (including phenoxy) is 1. The topological polar surface area (TPSA) is 38.3 Å². The van der Waals surface area contributed by atoms with Crippen LogP contribution in [0.4, 0.5) is 14.5 Å². The maximum atomic E-state index is 12.9. The van der Waals surface area contributed by atoms with Crippen molar-refractivity contribution < 1.29 is 18.3 Å². The predicted octanol–water partition coefficient (Wildman–Crippen LogP) is 2.96. The molecule has 1 rings (SSSR count). The summed E-state index contributed by atoms with van der Waals surface area (Å²) in [4.78, 5) is 11.7. The van der Waals surface area contributed by atoms with E-state index in [9.17, 15) is 13.6 Å². The van der Waals surface area contributed by atoms with E-state index in [1.807, 2.05) is 13.8 Å². The molecule has 0 fully saturated rings. The van der Waals surface area contributed by atoms with E-state index in [-0.39, 0.29) is 11.6 Å². The molecule has 1 aromatic rings. The van der Waals surface area contributed by atoms with Crippen molar-refractivity contribution in [2.75, 3.05) is 11.9 Å². The van der Waals surface area contributed by atoms with Crippen molar-refractivity contribution in [2.24, 2.45) is 5.92 Å². The number of nitrogens with one attached hydrogen (secondary N) is 1. The first kappa shape index (κ1) is 14.6. The zero-order valence-corrected chi connectivity index (χ0v) is 10.7. The second kappa shape index (κ2) is 6.44. The molecule has 0 aliphatic carbocycles. The molecule has 100 valence electrons. The van der Waals surface area contributed by atoms with Crippen LogP contribution in [0.1, 0.15) is 20.8 Å². The molecule has 0 heterocycles. The number of amides is 1. The van der Waals surface area contributed by atoms with Crippen LogP contribution in [0, 0.1) is 17.6 Å². The molecule has 1 amide bonds. The van der Waals surface area contributed by atoms with Gasteiger partial charge in [-0.05, 0) is 25.0 Å². The van der Waals surface area contributed by atoms with Crippen LogP contribution in [0.25, 0.3) is 0 Å². The van der Waals surface area contributed by atoms with E-state index in [2.05, 4.69) is 5.32 Å². The molecule has 0 saturated heterocycles. The van der Waals surface area contributed by atoms with Gasteiger partial charge in [0.15, 0.2) is 11.6 Å². The van der Waals surface area contributed by atoms with Gasteiger partial charge in [-0.25, -0.2) is 8.78 Å². The van der Waals surface area contributed by atoms with Crippen molar-refractivity contribution in [3.63, 3.8) is 0 Å². The molecule has 18 heavy (non-hydrogen) atoms. The molecule has 0 bridgehead atoms. The van der Waals surface area contributed by atoms with Crippen LogP contribution < -0.4 is 5.32 Å².